The van der Waals surface area contributed by atoms with Crippen molar-refractivity contribution in [3.8, 4) is 0 Å². The zero-order valence-corrected chi connectivity index (χ0v) is 13.6. The minimum absolute atomic E-state index is 0.490. The van der Waals surface area contributed by atoms with Crippen LogP contribution in [0.5, 0.6) is 0 Å². The lowest BCUT2D eigenvalue weighted by Crippen LogP contribution is -2.46. The minimum Gasteiger partial charge on any atom is -0.377 e. The molecule has 1 saturated carbocycles. The van der Waals surface area contributed by atoms with Gasteiger partial charge in [0.05, 0.1) is 6.10 Å². The molecule has 1 N–H and O–H groups in total. The van der Waals surface area contributed by atoms with Crippen LogP contribution >= 0.6 is 0 Å². The van der Waals surface area contributed by atoms with Crippen LogP contribution in [-0.4, -0.2) is 50.8 Å². The molecule has 2 aliphatic rings. The molecule has 0 spiro atoms. The number of nitrogens with zero attached hydrogens (tertiary/aromatic N) is 1. The fraction of sp³-hybridized carbons (Fsp3) is 1.00. The molecule has 0 aromatic heterocycles. The second-order valence-electron chi connectivity index (χ2n) is 7.07. The molecule has 1 aliphatic carbocycles. The lowest BCUT2D eigenvalue weighted by Gasteiger charge is -2.41. The van der Waals surface area contributed by atoms with Crippen molar-refractivity contribution < 1.29 is 4.74 Å². The smallest absolute Gasteiger partial charge is 0.0702 e. The standard InChI is InChI=1S/C17H34N2O/c1-3-11-18-14-17(9-5-4-6-10-17)15-19(2)13-16-8-7-12-20-16/h16,18H,3-15H2,1-2H3. The van der Waals surface area contributed by atoms with E-state index in [-0.39, 0.29) is 0 Å². The fourth-order valence-corrected chi connectivity index (χ4v) is 4.00. The Morgan fingerprint density at radius 3 is 2.65 bits per heavy atom. The van der Waals surface area contributed by atoms with Crippen molar-refractivity contribution in [1.29, 1.82) is 0 Å². The van der Waals surface area contributed by atoms with E-state index in [9.17, 15) is 0 Å². The molecule has 1 saturated heterocycles. The van der Waals surface area contributed by atoms with E-state index in [1.54, 1.807) is 0 Å². The topological polar surface area (TPSA) is 24.5 Å². The number of ether oxygens (including phenoxy) is 1. The number of rotatable bonds is 8. The third-order valence-electron chi connectivity index (χ3n) is 4.99. The lowest BCUT2D eigenvalue weighted by molar-refractivity contribution is 0.0540. The molecule has 0 aromatic rings. The molecular formula is C17H34N2O. The summed E-state index contributed by atoms with van der Waals surface area (Å²) in [6.45, 7) is 7.96. The van der Waals surface area contributed by atoms with Gasteiger partial charge in [0.1, 0.15) is 0 Å². The van der Waals surface area contributed by atoms with Crippen molar-refractivity contribution in [2.45, 2.75) is 64.4 Å². The van der Waals surface area contributed by atoms with Crippen molar-refractivity contribution in [1.82, 2.24) is 10.2 Å². The van der Waals surface area contributed by atoms with Gasteiger partial charge in [0.25, 0.3) is 0 Å². The number of hydrogen-bond donors (Lipinski definition) is 1. The molecule has 1 aliphatic heterocycles. The molecule has 3 nitrogen and oxygen atoms in total. The Morgan fingerprint density at radius 1 is 1.20 bits per heavy atom. The predicted octanol–water partition coefficient (Wildman–Crippen LogP) is 3.05. The Labute approximate surface area is 125 Å². The zero-order valence-electron chi connectivity index (χ0n) is 13.6. The fourth-order valence-electron chi connectivity index (χ4n) is 4.00. The molecule has 0 aromatic carbocycles. The summed E-state index contributed by atoms with van der Waals surface area (Å²) in [5.74, 6) is 0. The largest absolute Gasteiger partial charge is 0.377 e. The van der Waals surface area contributed by atoms with Crippen LogP contribution in [0.4, 0.5) is 0 Å². The molecule has 1 atom stereocenters. The number of nitrogens with one attached hydrogen (secondary N) is 1. The van der Waals surface area contributed by atoms with E-state index in [1.165, 1.54) is 64.5 Å². The number of likely N-dealkylation sites (N-methyl/N-ethyl adjacent to an activating group) is 1. The first-order chi connectivity index (χ1) is 9.74. The Bertz CT molecular complexity index is 258. The quantitative estimate of drug-likeness (QED) is 0.693. The molecule has 2 fully saturated rings. The van der Waals surface area contributed by atoms with Crippen molar-refractivity contribution >= 4 is 0 Å². The van der Waals surface area contributed by atoms with Crippen LogP contribution in [0.2, 0.25) is 0 Å². The summed E-state index contributed by atoms with van der Waals surface area (Å²) in [7, 11) is 2.29. The van der Waals surface area contributed by atoms with Gasteiger partial charge in [0, 0.05) is 26.2 Å². The zero-order chi connectivity index (χ0) is 14.3. The van der Waals surface area contributed by atoms with Crippen LogP contribution in [0.1, 0.15) is 58.3 Å². The summed E-state index contributed by atoms with van der Waals surface area (Å²) in [5.41, 5.74) is 0.515. The highest BCUT2D eigenvalue weighted by molar-refractivity contribution is 4.88. The van der Waals surface area contributed by atoms with Crippen LogP contribution in [-0.2, 0) is 4.74 Å². The van der Waals surface area contributed by atoms with Crippen LogP contribution in [0, 0.1) is 5.41 Å². The normalized spacial score (nSPS) is 26.2. The van der Waals surface area contributed by atoms with E-state index in [4.69, 9.17) is 4.74 Å². The first-order valence-corrected chi connectivity index (χ1v) is 8.75. The molecular weight excluding hydrogens is 248 g/mol. The first-order valence-electron chi connectivity index (χ1n) is 8.75. The number of hydrogen-bond acceptors (Lipinski definition) is 3. The van der Waals surface area contributed by atoms with Crippen LogP contribution in [0.25, 0.3) is 0 Å². The van der Waals surface area contributed by atoms with E-state index < -0.39 is 0 Å². The van der Waals surface area contributed by atoms with Crippen molar-refractivity contribution in [3.63, 3.8) is 0 Å². The molecule has 3 heteroatoms. The highest BCUT2D eigenvalue weighted by Crippen LogP contribution is 2.36. The van der Waals surface area contributed by atoms with Crippen molar-refractivity contribution in [2.24, 2.45) is 5.41 Å². The van der Waals surface area contributed by atoms with Gasteiger partial charge in [0.15, 0.2) is 0 Å². The SMILES string of the molecule is CCCNCC1(CN(C)CC2CCCO2)CCCCC1. The van der Waals surface area contributed by atoms with E-state index in [1.807, 2.05) is 0 Å². The monoisotopic (exact) mass is 282 g/mol. The first kappa shape index (κ1) is 16.3. The summed E-state index contributed by atoms with van der Waals surface area (Å²) >= 11 is 0. The molecule has 2 rings (SSSR count). The van der Waals surface area contributed by atoms with Crippen molar-refractivity contribution in [3.05, 3.63) is 0 Å². The van der Waals surface area contributed by atoms with Gasteiger partial charge in [0.2, 0.25) is 0 Å². The highest BCUT2D eigenvalue weighted by Gasteiger charge is 2.33. The molecule has 1 unspecified atom stereocenters. The van der Waals surface area contributed by atoms with Gasteiger partial charge in [-0.2, -0.15) is 0 Å². The van der Waals surface area contributed by atoms with Gasteiger partial charge >= 0.3 is 0 Å². The lowest BCUT2D eigenvalue weighted by atomic mass is 9.73. The van der Waals surface area contributed by atoms with Gasteiger partial charge in [-0.15, -0.1) is 0 Å². The van der Waals surface area contributed by atoms with E-state index in [0.29, 0.717) is 11.5 Å². The Morgan fingerprint density at radius 2 is 2.00 bits per heavy atom. The summed E-state index contributed by atoms with van der Waals surface area (Å²) in [6, 6.07) is 0. The second kappa shape index (κ2) is 8.35. The maximum Gasteiger partial charge on any atom is 0.0702 e. The van der Waals surface area contributed by atoms with Gasteiger partial charge in [-0.25, -0.2) is 0 Å². The van der Waals surface area contributed by atoms with E-state index >= 15 is 0 Å². The summed E-state index contributed by atoms with van der Waals surface area (Å²) in [5, 5.41) is 3.69. The summed E-state index contributed by atoms with van der Waals surface area (Å²) in [4.78, 5) is 2.54. The molecule has 0 radical (unpaired) electrons. The molecule has 20 heavy (non-hydrogen) atoms. The Hall–Kier alpha value is -0.120. The summed E-state index contributed by atoms with van der Waals surface area (Å²) in [6.07, 6.45) is 11.3. The highest BCUT2D eigenvalue weighted by atomic mass is 16.5. The third kappa shape index (κ3) is 5.01. The average molecular weight is 282 g/mol. The van der Waals surface area contributed by atoms with Gasteiger partial charge < -0.3 is 15.0 Å². The van der Waals surface area contributed by atoms with Crippen LogP contribution in [0.3, 0.4) is 0 Å². The van der Waals surface area contributed by atoms with Gasteiger partial charge in [-0.05, 0) is 51.1 Å². The van der Waals surface area contributed by atoms with E-state index in [0.717, 1.165) is 19.7 Å². The molecule has 1 heterocycles. The van der Waals surface area contributed by atoms with Gasteiger partial charge in [-0.1, -0.05) is 26.2 Å². The molecule has 118 valence electrons. The predicted molar refractivity (Wildman–Crippen MR) is 85.1 cm³/mol. The maximum absolute atomic E-state index is 5.79. The van der Waals surface area contributed by atoms with Crippen LogP contribution < -0.4 is 5.32 Å². The van der Waals surface area contributed by atoms with Crippen molar-refractivity contribution in [2.75, 3.05) is 39.8 Å². The Kier molecular flexibility index (Phi) is 6.79. The maximum atomic E-state index is 5.79. The summed E-state index contributed by atoms with van der Waals surface area (Å²) < 4.78 is 5.79. The average Bonchev–Trinajstić information content (AvgIpc) is 2.92. The van der Waals surface area contributed by atoms with E-state index in [2.05, 4.69) is 24.2 Å². The third-order valence-corrected chi connectivity index (χ3v) is 4.99. The second-order valence-corrected chi connectivity index (χ2v) is 7.07. The Balaban J connectivity index is 1.81. The molecule has 0 amide bonds. The minimum atomic E-state index is 0.490. The molecule has 0 bridgehead atoms. The van der Waals surface area contributed by atoms with Gasteiger partial charge in [-0.3, -0.25) is 0 Å². The van der Waals surface area contributed by atoms with Crippen LogP contribution in [0.15, 0.2) is 0 Å².